The lowest BCUT2D eigenvalue weighted by atomic mass is 9.96. The van der Waals surface area contributed by atoms with Gasteiger partial charge in [-0.3, -0.25) is 0 Å². The van der Waals surface area contributed by atoms with Crippen LogP contribution in [0, 0.1) is 0 Å². The van der Waals surface area contributed by atoms with Gasteiger partial charge in [0, 0.05) is 0 Å². The van der Waals surface area contributed by atoms with Gasteiger partial charge in [0.05, 0.1) is 24.9 Å². The molecule has 0 radical (unpaired) electrons. The smallest absolute Gasteiger partial charge is 0.0844 e. The first kappa shape index (κ1) is 21.2. The molecule has 0 bridgehead atoms. The van der Waals surface area contributed by atoms with E-state index in [1.807, 2.05) is 12.1 Å². The third kappa shape index (κ3) is 8.05. The molecule has 1 aromatic rings. The largest absolute Gasteiger partial charge is 0.371 e. The number of unbranched alkanes of at least 4 members (excludes halogenated alkanes) is 7. The second kappa shape index (κ2) is 13.1. The minimum absolute atomic E-state index is 0.200. The fourth-order valence-corrected chi connectivity index (χ4v) is 3.77. The molecule has 3 atom stereocenters. The third-order valence-corrected chi connectivity index (χ3v) is 5.41. The van der Waals surface area contributed by atoms with E-state index in [0.717, 1.165) is 19.3 Å². The highest BCUT2D eigenvalue weighted by Gasteiger charge is 2.30. The Kier molecular flexibility index (Phi) is 10.7. The lowest BCUT2D eigenvalue weighted by Gasteiger charge is -2.35. The van der Waals surface area contributed by atoms with Gasteiger partial charge in [-0.15, -0.1) is 6.58 Å². The van der Waals surface area contributed by atoms with Gasteiger partial charge < -0.3 is 9.47 Å². The first-order valence-corrected chi connectivity index (χ1v) is 10.8. The molecular formula is C24H38O2. The van der Waals surface area contributed by atoms with E-state index in [0.29, 0.717) is 6.61 Å². The SMILES string of the molecule is C=C[C@H]1CC[C@H](OCc2ccccc2)[C@H](CCCCCCCCCC)O1. The van der Waals surface area contributed by atoms with Crippen LogP contribution in [0.1, 0.15) is 83.1 Å². The Morgan fingerprint density at radius 1 is 1.00 bits per heavy atom. The molecule has 0 N–H and O–H groups in total. The van der Waals surface area contributed by atoms with Crippen molar-refractivity contribution < 1.29 is 9.47 Å². The molecule has 1 aliphatic heterocycles. The summed E-state index contributed by atoms with van der Waals surface area (Å²) in [6.45, 7) is 6.87. The molecule has 1 saturated heterocycles. The molecule has 1 heterocycles. The summed E-state index contributed by atoms with van der Waals surface area (Å²) in [5.74, 6) is 0. The molecule has 26 heavy (non-hydrogen) atoms. The first-order valence-electron chi connectivity index (χ1n) is 10.8. The molecule has 0 aromatic heterocycles. The summed E-state index contributed by atoms with van der Waals surface area (Å²) < 4.78 is 12.5. The summed E-state index contributed by atoms with van der Waals surface area (Å²) in [5.41, 5.74) is 1.24. The third-order valence-electron chi connectivity index (χ3n) is 5.41. The summed E-state index contributed by atoms with van der Waals surface area (Å²) in [4.78, 5) is 0. The lowest BCUT2D eigenvalue weighted by molar-refractivity contribution is -0.134. The van der Waals surface area contributed by atoms with Crippen molar-refractivity contribution >= 4 is 0 Å². The number of hydrogen-bond acceptors (Lipinski definition) is 2. The number of rotatable bonds is 13. The first-order chi connectivity index (χ1) is 12.8. The Balaban J connectivity index is 1.69. The maximum absolute atomic E-state index is 6.25. The van der Waals surface area contributed by atoms with Gasteiger partial charge in [-0.25, -0.2) is 0 Å². The van der Waals surface area contributed by atoms with Gasteiger partial charge in [0.2, 0.25) is 0 Å². The van der Waals surface area contributed by atoms with Gasteiger partial charge in [-0.2, -0.15) is 0 Å². The molecule has 0 spiro atoms. The molecule has 0 amide bonds. The number of benzene rings is 1. The van der Waals surface area contributed by atoms with Gasteiger partial charge in [0.1, 0.15) is 0 Å². The average Bonchev–Trinajstić information content (AvgIpc) is 2.69. The van der Waals surface area contributed by atoms with E-state index >= 15 is 0 Å². The maximum Gasteiger partial charge on any atom is 0.0844 e. The minimum Gasteiger partial charge on any atom is -0.371 e. The molecule has 1 aliphatic rings. The van der Waals surface area contributed by atoms with Crippen LogP contribution in [0.4, 0.5) is 0 Å². The molecule has 0 aliphatic carbocycles. The average molecular weight is 359 g/mol. The van der Waals surface area contributed by atoms with Gasteiger partial charge in [-0.1, -0.05) is 94.7 Å². The van der Waals surface area contributed by atoms with Crippen LogP contribution in [0.25, 0.3) is 0 Å². The second-order valence-corrected chi connectivity index (χ2v) is 7.62. The van der Waals surface area contributed by atoms with E-state index in [1.54, 1.807) is 0 Å². The van der Waals surface area contributed by atoms with E-state index in [-0.39, 0.29) is 18.3 Å². The molecule has 1 fully saturated rings. The predicted molar refractivity (Wildman–Crippen MR) is 110 cm³/mol. The lowest BCUT2D eigenvalue weighted by Crippen LogP contribution is -2.39. The van der Waals surface area contributed by atoms with Crippen molar-refractivity contribution in [2.45, 2.75) is 102 Å². The van der Waals surface area contributed by atoms with Crippen molar-refractivity contribution in [3.05, 3.63) is 48.6 Å². The molecule has 1 aromatic carbocycles. The van der Waals surface area contributed by atoms with E-state index in [1.165, 1.54) is 56.9 Å². The van der Waals surface area contributed by atoms with Gasteiger partial charge in [0.15, 0.2) is 0 Å². The Labute approximate surface area is 161 Å². The van der Waals surface area contributed by atoms with Crippen LogP contribution >= 0.6 is 0 Å². The van der Waals surface area contributed by atoms with Crippen LogP contribution < -0.4 is 0 Å². The number of hydrogen-bond donors (Lipinski definition) is 0. The Morgan fingerprint density at radius 2 is 1.69 bits per heavy atom. The molecule has 2 nitrogen and oxygen atoms in total. The van der Waals surface area contributed by atoms with Crippen molar-refractivity contribution in [2.75, 3.05) is 0 Å². The predicted octanol–water partition coefficient (Wildman–Crippen LogP) is 6.84. The van der Waals surface area contributed by atoms with E-state index in [4.69, 9.17) is 9.47 Å². The zero-order valence-electron chi connectivity index (χ0n) is 16.7. The van der Waals surface area contributed by atoms with Gasteiger partial charge >= 0.3 is 0 Å². The normalized spacial score (nSPS) is 23.0. The summed E-state index contributed by atoms with van der Waals surface area (Å²) in [6.07, 6.45) is 16.6. The molecule has 146 valence electrons. The van der Waals surface area contributed by atoms with Crippen molar-refractivity contribution in [1.82, 2.24) is 0 Å². The summed E-state index contributed by atoms with van der Waals surface area (Å²) in [5, 5.41) is 0. The van der Waals surface area contributed by atoms with Crippen LogP contribution in [0.5, 0.6) is 0 Å². The molecule has 0 unspecified atom stereocenters. The second-order valence-electron chi connectivity index (χ2n) is 7.62. The summed E-state index contributed by atoms with van der Waals surface area (Å²) >= 11 is 0. The highest BCUT2D eigenvalue weighted by Crippen LogP contribution is 2.27. The van der Waals surface area contributed by atoms with Crippen LogP contribution in [0.15, 0.2) is 43.0 Å². The van der Waals surface area contributed by atoms with Gasteiger partial charge in [-0.05, 0) is 24.8 Å². The fraction of sp³-hybridized carbons (Fsp3) is 0.667. The van der Waals surface area contributed by atoms with E-state index in [2.05, 4.69) is 37.8 Å². The quantitative estimate of drug-likeness (QED) is 0.284. The van der Waals surface area contributed by atoms with Crippen LogP contribution in [-0.2, 0) is 16.1 Å². The molecule has 0 saturated carbocycles. The van der Waals surface area contributed by atoms with E-state index < -0.39 is 0 Å². The van der Waals surface area contributed by atoms with E-state index in [9.17, 15) is 0 Å². The molecular weight excluding hydrogens is 320 g/mol. The topological polar surface area (TPSA) is 18.5 Å². The monoisotopic (exact) mass is 358 g/mol. The summed E-state index contributed by atoms with van der Waals surface area (Å²) in [7, 11) is 0. The minimum atomic E-state index is 0.200. The Morgan fingerprint density at radius 3 is 2.38 bits per heavy atom. The molecule has 2 rings (SSSR count). The standard InChI is InChI=1S/C24H38O2/c1-3-5-6-7-8-9-10-14-17-24-23(19-18-22(4-2)26-24)25-20-21-15-12-11-13-16-21/h4,11-13,15-16,22-24H,2-3,5-10,14,17-20H2,1H3/t22-,23-,24-/m0/s1. The van der Waals surface area contributed by atoms with Crippen molar-refractivity contribution in [1.29, 1.82) is 0 Å². The Hall–Kier alpha value is -1.12. The van der Waals surface area contributed by atoms with Crippen LogP contribution in [-0.4, -0.2) is 18.3 Å². The highest BCUT2D eigenvalue weighted by molar-refractivity contribution is 5.13. The zero-order valence-corrected chi connectivity index (χ0v) is 16.7. The number of ether oxygens (including phenoxy) is 2. The fourth-order valence-electron chi connectivity index (χ4n) is 3.77. The molecule has 2 heteroatoms. The van der Waals surface area contributed by atoms with Crippen LogP contribution in [0.3, 0.4) is 0 Å². The Bertz CT molecular complexity index is 470. The van der Waals surface area contributed by atoms with Crippen molar-refractivity contribution in [2.24, 2.45) is 0 Å². The van der Waals surface area contributed by atoms with Crippen molar-refractivity contribution in [3.8, 4) is 0 Å². The van der Waals surface area contributed by atoms with Gasteiger partial charge in [0.25, 0.3) is 0 Å². The van der Waals surface area contributed by atoms with Crippen LogP contribution in [0.2, 0.25) is 0 Å². The highest BCUT2D eigenvalue weighted by atomic mass is 16.5. The maximum atomic E-state index is 6.25. The summed E-state index contributed by atoms with van der Waals surface area (Å²) in [6, 6.07) is 10.4. The van der Waals surface area contributed by atoms with Crippen molar-refractivity contribution in [3.63, 3.8) is 0 Å². The zero-order chi connectivity index (χ0) is 18.5.